The lowest BCUT2D eigenvalue weighted by atomic mass is 10.2. The van der Waals surface area contributed by atoms with E-state index in [0.717, 1.165) is 12.5 Å². The highest BCUT2D eigenvalue weighted by Gasteiger charge is 2.19. The Labute approximate surface area is 91.9 Å². The van der Waals surface area contributed by atoms with E-state index in [0.29, 0.717) is 0 Å². The molecule has 0 bridgehead atoms. The monoisotopic (exact) mass is 259 g/mol. The Morgan fingerprint density at radius 1 is 1.62 bits per heavy atom. The molecule has 72 valence electrons. The van der Waals surface area contributed by atoms with Crippen molar-refractivity contribution < 1.29 is 0 Å². The van der Waals surface area contributed by atoms with E-state index in [2.05, 4.69) is 38.5 Å². The molecule has 3 heteroatoms. The lowest BCUT2D eigenvalue weighted by Crippen LogP contribution is -2.19. The third-order valence-electron chi connectivity index (χ3n) is 2.59. The normalized spacial score (nSPS) is 24.0. The summed E-state index contributed by atoms with van der Waals surface area (Å²) in [5, 5.41) is 4.40. The van der Waals surface area contributed by atoms with Gasteiger partial charge in [0.25, 0.3) is 0 Å². The van der Waals surface area contributed by atoms with Crippen LogP contribution in [0.25, 0.3) is 0 Å². The molecule has 1 saturated heterocycles. The minimum atomic E-state index is 0.886. The van der Waals surface area contributed by atoms with Crippen molar-refractivity contribution in [3.63, 3.8) is 0 Å². The Morgan fingerprint density at radius 2 is 2.46 bits per heavy atom. The molecule has 1 aliphatic rings. The minimum Gasteiger partial charge on any atom is -0.299 e. The predicted octanol–water partition coefficient (Wildman–Crippen LogP) is 3.35. The summed E-state index contributed by atoms with van der Waals surface area (Å²) >= 11 is 5.35. The van der Waals surface area contributed by atoms with Crippen molar-refractivity contribution in [3.05, 3.63) is 20.8 Å². The van der Waals surface area contributed by atoms with Crippen molar-refractivity contribution in [3.8, 4) is 0 Å². The largest absolute Gasteiger partial charge is 0.299 e. The maximum Gasteiger partial charge on any atom is 0.0327 e. The van der Waals surface area contributed by atoms with E-state index < -0.39 is 0 Å². The van der Waals surface area contributed by atoms with Gasteiger partial charge in [-0.15, -0.1) is 0 Å². The quantitative estimate of drug-likeness (QED) is 0.788. The number of halogens is 1. The molecule has 0 saturated carbocycles. The van der Waals surface area contributed by atoms with E-state index in [1.807, 2.05) is 0 Å². The number of hydrogen-bond acceptors (Lipinski definition) is 2. The van der Waals surface area contributed by atoms with Gasteiger partial charge in [-0.3, -0.25) is 4.90 Å². The first-order valence-electron chi connectivity index (χ1n) is 4.68. The third kappa shape index (κ3) is 2.33. The molecule has 0 amide bonds. The van der Waals surface area contributed by atoms with Gasteiger partial charge in [-0.1, -0.05) is 6.92 Å². The van der Waals surface area contributed by atoms with Gasteiger partial charge in [0, 0.05) is 22.9 Å². The van der Waals surface area contributed by atoms with Gasteiger partial charge in [-0.25, -0.2) is 0 Å². The maximum atomic E-state index is 3.57. The molecule has 1 fully saturated rings. The summed E-state index contributed by atoms with van der Waals surface area (Å²) in [7, 11) is 0. The molecule has 1 nitrogen and oxygen atoms in total. The molecule has 0 aromatic carbocycles. The van der Waals surface area contributed by atoms with Gasteiger partial charge in [-0.05, 0) is 45.8 Å². The van der Waals surface area contributed by atoms with Gasteiger partial charge in [0.1, 0.15) is 0 Å². The SMILES string of the molecule is CC1CCN(Cc2cscc2Br)C1. The molecule has 1 aromatic heterocycles. The lowest BCUT2D eigenvalue weighted by Gasteiger charge is -2.14. The van der Waals surface area contributed by atoms with E-state index in [4.69, 9.17) is 0 Å². The van der Waals surface area contributed by atoms with Crippen molar-refractivity contribution in [1.82, 2.24) is 4.90 Å². The topological polar surface area (TPSA) is 3.24 Å². The van der Waals surface area contributed by atoms with Crippen molar-refractivity contribution in [2.45, 2.75) is 19.9 Å². The predicted molar refractivity (Wildman–Crippen MR) is 61.1 cm³/mol. The van der Waals surface area contributed by atoms with Crippen LogP contribution in [0.15, 0.2) is 15.2 Å². The standard InChI is InChI=1S/C10H14BrNS/c1-8-2-3-12(4-8)5-9-6-13-7-10(9)11/h6-8H,2-5H2,1H3. The van der Waals surface area contributed by atoms with Crippen molar-refractivity contribution in [2.24, 2.45) is 5.92 Å². The van der Waals surface area contributed by atoms with Crippen molar-refractivity contribution >= 4 is 27.3 Å². The molecular formula is C10H14BrNS. The Kier molecular flexibility index (Phi) is 3.06. The Morgan fingerprint density at radius 3 is 3.00 bits per heavy atom. The molecule has 0 spiro atoms. The van der Waals surface area contributed by atoms with Gasteiger partial charge >= 0.3 is 0 Å². The van der Waals surface area contributed by atoms with Crippen LogP contribution >= 0.6 is 27.3 Å². The summed E-state index contributed by atoms with van der Waals surface area (Å²) < 4.78 is 1.28. The van der Waals surface area contributed by atoms with Crippen LogP contribution in [0.5, 0.6) is 0 Å². The summed E-state index contributed by atoms with van der Waals surface area (Å²) in [5.74, 6) is 0.886. The molecule has 1 aromatic rings. The second-order valence-corrected chi connectivity index (χ2v) is 5.47. The van der Waals surface area contributed by atoms with Gasteiger partial charge < -0.3 is 0 Å². The number of likely N-dealkylation sites (tertiary alicyclic amines) is 1. The van der Waals surface area contributed by atoms with E-state index in [1.54, 1.807) is 11.3 Å². The molecule has 0 radical (unpaired) electrons. The molecule has 1 unspecified atom stereocenters. The van der Waals surface area contributed by atoms with Crippen LogP contribution in [0.2, 0.25) is 0 Å². The van der Waals surface area contributed by atoms with Gasteiger partial charge in [0.15, 0.2) is 0 Å². The smallest absolute Gasteiger partial charge is 0.0327 e. The Balaban J connectivity index is 1.95. The van der Waals surface area contributed by atoms with Crippen LogP contribution in [0.3, 0.4) is 0 Å². The minimum absolute atomic E-state index is 0.886. The lowest BCUT2D eigenvalue weighted by molar-refractivity contribution is 0.320. The Bertz CT molecular complexity index is 284. The van der Waals surface area contributed by atoms with Crippen LogP contribution in [-0.4, -0.2) is 18.0 Å². The second kappa shape index (κ2) is 4.11. The van der Waals surface area contributed by atoms with Gasteiger partial charge in [0.2, 0.25) is 0 Å². The summed E-state index contributed by atoms with van der Waals surface area (Å²) in [6, 6.07) is 0. The molecule has 2 rings (SSSR count). The maximum absolute atomic E-state index is 3.57. The van der Waals surface area contributed by atoms with E-state index in [1.165, 1.54) is 29.5 Å². The van der Waals surface area contributed by atoms with E-state index in [9.17, 15) is 0 Å². The zero-order valence-electron chi connectivity index (χ0n) is 7.79. The zero-order chi connectivity index (χ0) is 9.26. The number of nitrogens with zero attached hydrogens (tertiary/aromatic N) is 1. The van der Waals surface area contributed by atoms with E-state index in [-0.39, 0.29) is 0 Å². The second-order valence-electron chi connectivity index (χ2n) is 3.87. The molecule has 0 N–H and O–H groups in total. The van der Waals surface area contributed by atoms with Crippen LogP contribution in [-0.2, 0) is 6.54 Å². The number of hydrogen-bond donors (Lipinski definition) is 0. The average molecular weight is 260 g/mol. The van der Waals surface area contributed by atoms with Crippen LogP contribution in [0, 0.1) is 5.92 Å². The molecule has 1 aliphatic heterocycles. The van der Waals surface area contributed by atoms with Gasteiger partial charge in [0.05, 0.1) is 0 Å². The molecule has 13 heavy (non-hydrogen) atoms. The number of rotatable bonds is 2. The number of thiophene rings is 1. The van der Waals surface area contributed by atoms with Crippen LogP contribution in [0.4, 0.5) is 0 Å². The van der Waals surface area contributed by atoms with Crippen molar-refractivity contribution in [1.29, 1.82) is 0 Å². The summed E-state index contributed by atoms with van der Waals surface area (Å²) in [4.78, 5) is 2.54. The zero-order valence-corrected chi connectivity index (χ0v) is 10.2. The third-order valence-corrected chi connectivity index (χ3v) is 4.42. The van der Waals surface area contributed by atoms with Crippen LogP contribution < -0.4 is 0 Å². The van der Waals surface area contributed by atoms with Gasteiger partial charge in [-0.2, -0.15) is 11.3 Å². The van der Waals surface area contributed by atoms with E-state index >= 15 is 0 Å². The molecule has 0 aliphatic carbocycles. The van der Waals surface area contributed by atoms with Crippen LogP contribution in [0.1, 0.15) is 18.9 Å². The summed E-state index contributed by atoms with van der Waals surface area (Å²) in [5.41, 5.74) is 1.44. The summed E-state index contributed by atoms with van der Waals surface area (Å²) in [6.45, 7) is 5.99. The average Bonchev–Trinajstić information content (AvgIpc) is 2.64. The highest BCUT2D eigenvalue weighted by molar-refractivity contribution is 9.10. The molecule has 2 heterocycles. The van der Waals surface area contributed by atoms with Crippen molar-refractivity contribution in [2.75, 3.05) is 13.1 Å². The first-order chi connectivity index (χ1) is 6.25. The summed E-state index contributed by atoms with van der Waals surface area (Å²) in [6.07, 6.45) is 1.36. The Hall–Kier alpha value is 0.140. The fraction of sp³-hybridized carbons (Fsp3) is 0.600. The highest BCUT2D eigenvalue weighted by atomic mass is 79.9. The first-order valence-corrected chi connectivity index (χ1v) is 6.42. The fourth-order valence-electron chi connectivity index (χ4n) is 1.83. The highest BCUT2D eigenvalue weighted by Crippen LogP contribution is 2.25. The first kappa shape index (κ1) is 9.69. The molecular weight excluding hydrogens is 246 g/mol. The fourth-order valence-corrected chi connectivity index (χ4v) is 3.25. The molecule has 1 atom stereocenters.